The summed E-state index contributed by atoms with van der Waals surface area (Å²) in [4.78, 5) is 7.09. The van der Waals surface area contributed by atoms with Gasteiger partial charge in [-0.15, -0.1) is 34.2 Å². The number of morpholine rings is 1. The highest BCUT2D eigenvalue weighted by atomic mass is 127. The number of aliphatic imine (C=N–C) groups is 1. The Hall–Kier alpha value is -0.980. The second kappa shape index (κ2) is 13.2. The molecule has 0 aliphatic carbocycles. The molecule has 9 nitrogen and oxygen atoms in total. The van der Waals surface area contributed by atoms with E-state index < -0.39 is 0 Å². The highest BCUT2D eigenvalue weighted by Crippen LogP contribution is 2.00. The summed E-state index contributed by atoms with van der Waals surface area (Å²) in [5, 5.41) is 15.0. The van der Waals surface area contributed by atoms with Crippen molar-refractivity contribution in [3.05, 3.63) is 11.6 Å². The van der Waals surface area contributed by atoms with Crippen LogP contribution in [0.15, 0.2) is 4.99 Å². The molecule has 1 aliphatic rings. The van der Waals surface area contributed by atoms with Crippen molar-refractivity contribution in [2.75, 3.05) is 53.1 Å². The summed E-state index contributed by atoms with van der Waals surface area (Å²) >= 11 is 0. The first-order valence-electron chi connectivity index (χ1n) is 9.29. The van der Waals surface area contributed by atoms with Crippen LogP contribution in [-0.4, -0.2) is 84.8 Å². The Labute approximate surface area is 179 Å². The Morgan fingerprint density at radius 2 is 2.07 bits per heavy atom. The molecule has 1 aromatic rings. The summed E-state index contributed by atoms with van der Waals surface area (Å²) in [5.41, 5.74) is 0. The molecule has 0 aromatic carbocycles. The molecule has 156 valence electrons. The molecule has 1 aliphatic heterocycles. The van der Waals surface area contributed by atoms with Gasteiger partial charge in [0.25, 0.3) is 0 Å². The number of hydrogen-bond donors (Lipinski definition) is 2. The molecule has 2 heterocycles. The molecule has 2 N–H and O–H groups in total. The summed E-state index contributed by atoms with van der Waals surface area (Å²) in [7, 11) is 3.66. The summed E-state index contributed by atoms with van der Waals surface area (Å²) in [6.07, 6.45) is 1.06. The number of halogens is 1. The maximum atomic E-state index is 5.39. The van der Waals surface area contributed by atoms with Crippen LogP contribution in [0, 0.1) is 6.92 Å². The molecule has 0 spiro atoms. The first-order valence-corrected chi connectivity index (χ1v) is 9.29. The van der Waals surface area contributed by atoms with E-state index in [2.05, 4.69) is 37.6 Å². The van der Waals surface area contributed by atoms with Crippen LogP contribution in [0.25, 0.3) is 0 Å². The van der Waals surface area contributed by atoms with Gasteiger partial charge >= 0.3 is 0 Å². The van der Waals surface area contributed by atoms with Gasteiger partial charge in [-0.25, -0.2) is 4.99 Å². The Balaban J connectivity index is 0.00000364. The molecule has 0 saturated carbocycles. The fourth-order valence-electron chi connectivity index (χ4n) is 2.75. The number of nitrogens with one attached hydrogen (secondary N) is 2. The van der Waals surface area contributed by atoms with Gasteiger partial charge in [-0.2, -0.15) is 0 Å². The van der Waals surface area contributed by atoms with E-state index in [0.717, 1.165) is 63.4 Å². The van der Waals surface area contributed by atoms with Crippen molar-refractivity contribution in [1.29, 1.82) is 0 Å². The zero-order valence-electron chi connectivity index (χ0n) is 16.9. The maximum Gasteiger partial charge on any atom is 0.191 e. The molecule has 1 fully saturated rings. The molecule has 27 heavy (non-hydrogen) atoms. The van der Waals surface area contributed by atoms with E-state index in [4.69, 9.17) is 9.47 Å². The lowest BCUT2D eigenvalue weighted by atomic mass is 10.3. The first kappa shape index (κ1) is 24.1. The minimum atomic E-state index is 0. The van der Waals surface area contributed by atoms with E-state index in [1.54, 1.807) is 7.11 Å². The van der Waals surface area contributed by atoms with Crippen LogP contribution < -0.4 is 10.6 Å². The van der Waals surface area contributed by atoms with Crippen LogP contribution in [0.1, 0.15) is 25.0 Å². The zero-order valence-corrected chi connectivity index (χ0v) is 19.2. The zero-order chi connectivity index (χ0) is 18.8. The molecule has 1 saturated heterocycles. The van der Waals surface area contributed by atoms with Gasteiger partial charge in [-0.3, -0.25) is 4.90 Å². The van der Waals surface area contributed by atoms with Crippen LogP contribution >= 0.6 is 24.0 Å². The van der Waals surface area contributed by atoms with Crippen LogP contribution in [0.2, 0.25) is 0 Å². The lowest BCUT2D eigenvalue weighted by molar-refractivity contribution is 0.0376. The third kappa shape index (κ3) is 8.71. The fraction of sp³-hybridized carbons (Fsp3) is 0.824. The van der Waals surface area contributed by atoms with E-state index in [1.807, 2.05) is 18.5 Å². The van der Waals surface area contributed by atoms with Crippen molar-refractivity contribution in [3.63, 3.8) is 0 Å². The van der Waals surface area contributed by atoms with Gasteiger partial charge < -0.3 is 24.7 Å². The Kier molecular flexibility index (Phi) is 11.8. The van der Waals surface area contributed by atoms with Crippen molar-refractivity contribution in [2.45, 2.75) is 32.9 Å². The molecule has 2 rings (SSSR count). The molecule has 0 radical (unpaired) electrons. The standard InChI is InChI=1S/C17H33N7O2.HI/c1-14(13-25-4)20-17(19-12-16-22-21-15(2)23(16)3)18-6-5-7-24-8-10-26-11-9-24;/h14H,5-13H2,1-4H3,(H2,18,19,20);1H. The third-order valence-electron chi connectivity index (χ3n) is 4.41. The van der Waals surface area contributed by atoms with Gasteiger partial charge in [0.2, 0.25) is 0 Å². The van der Waals surface area contributed by atoms with Crippen LogP contribution in [0.4, 0.5) is 0 Å². The minimum absolute atomic E-state index is 0. The summed E-state index contributed by atoms with van der Waals surface area (Å²) < 4.78 is 12.5. The van der Waals surface area contributed by atoms with Crippen molar-refractivity contribution < 1.29 is 9.47 Å². The van der Waals surface area contributed by atoms with Crippen molar-refractivity contribution >= 4 is 29.9 Å². The first-order chi connectivity index (χ1) is 12.6. The molecular weight excluding hydrogens is 461 g/mol. The quantitative estimate of drug-likeness (QED) is 0.224. The Bertz CT molecular complexity index is 561. The average molecular weight is 495 g/mol. The predicted molar refractivity (Wildman–Crippen MR) is 117 cm³/mol. The van der Waals surface area contributed by atoms with Crippen molar-refractivity contribution in [3.8, 4) is 0 Å². The average Bonchev–Trinajstić information content (AvgIpc) is 2.96. The van der Waals surface area contributed by atoms with Crippen LogP contribution in [0.5, 0.6) is 0 Å². The van der Waals surface area contributed by atoms with E-state index in [9.17, 15) is 0 Å². The lowest BCUT2D eigenvalue weighted by Crippen LogP contribution is -2.45. The van der Waals surface area contributed by atoms with Gasteiger partial charge in [0.1, 0.15) is 12.4 Å². The van der Waals surface area contributed by atoms with Gasteiger partial charge in [0.05, 0.1) is 19.8 Å². The second-order valence-corrected chi connectivity index (χ2v) is 6.62. The smallest absolute Gasteiger partial charge is 0.191 e. The highest BCUT2D eigenvalue weighted by Gasteiger charge is 2.10. The molecule has 1 aromatic heterocycles. The van der Waals surface area contributed by atoms with Crippen molar-refractivity contribution in [2.24, 2.45) is 12.0 Å². The number of rotatable bonds is 9. The summed E-state index contributed by atoms with van der Waals surface area (Å²) in [5.74, 6) is 2.50. The number of ether oxygens (including phenoxy) is 2. The number of aryl methyl sites for hydroxylation is 1. The van der Waals surface area contributed by atoms with Gasteiger partial charge in [0, 0.05) is 39.8 Å². The fourth-order valence-corrected chi connectivity index (χ4v) is 2.75. The molecule has 1 atom stereocenters. The van der Waals surface area contributed by atoms with E-state index in [1.165, 1.54) is 0 Å². The van der Waals surface area contributed by atoms with E-state index in [0.29, 0.717) is 13.2 Å². The Morgan fingerprint density at radius 1 is 1.33 bits per heavy atom. The summed E-state index contributed by atoms with van der Waals surface area (Å²) in [6.45, 7) is 10.8. The van der Waals surface area contributed by atoms with Crippen LogP contribution in [0.3, 0.4) is 0 Å². The SMILES string of the molecule is COCC(C)NC(=NCc1nnc(C)n1C)NCCCN1CCOCC1.I. The van der Waals surface area contributed by atoms with E-state index in [-0.39, 0.29) is 30.0 Å². The maximum absolute atomic E-state index is 5.39. The largest absolute Gasteiger partial charge is 0.383 e. The van der Waals surface area contributed by atoms with Crippen molar-refractivity contribution in [1.82, 2.24) is 30.3 Å². The van der Waals surface area contributed by atoms with Gasteiger partial charge in [-0.1, -0.05) is 0 Å². The summed E-state index contributed by atoms with van der Waals surface area (Å²) in [6, 6.07) is 0.173. The normalized spacial score (nSPS) is 16.7. The number of guanidine groups is 1. The second-order valence-electron chi connectivity index (χ2n) is 6.62. The third-order valence-corrected chi connectivity index (χ3v) is 4.41. The topological polar surface area (TPSA) is 88.8 Å². The molecular formula is C17H34IN7O2. The van der Waals surface area contributed by atoms with Gasteiger partial charge in [-0.05, 0) is 26.8 Å². The predicted octanol–water partition coefficient (Wildman–Crippen LogP) is 0.534. The Morgan fingerprint density at radius 3 is 2.70 bits per heavy atom. The minimum Gasteiger partial charge on any atom is -0.383 e. The lowest BCUT2D eigenvalue weighted by Gasteiger charge is -2.26. The molecule has 0 bridgehead atoms. The highest BCUT2D eigenvalue weighted by molar-refractivity contribution is 14.0. The number of hydrogen-bond acceptors (Lipinski definition) is 6. The number of nitrogens with zero attached hydrogens (tertiary/aromatic N) is 5. The number of methoxy groups -OCH3 is 1. The van der Waals surface area contributed by atoms with E-state index >= 15 is 0 Å². The molecule has 10 heteroatoms. The molecule has 0 amide bonds. The molecule has 1 unspecified atom stereocenters. The van der Waals surface area contributed by atoms with Crippen LogP contribution in [-0.2, 0) is 23.1 Å². The number of aromatic nitrogens is 3. The van der Waals surface area contributed by atoms with Gasteiger partial charge in [0.15, 0.2) is 11.8 Å². The monoisotopic (exact) mass is 495 g/mol.